The minimum Gasteiger partial charge on any atom is -0.481 e. The molecule has 1 unspecified atom stereocenters. The highest BCUT2D eigenvalue weighted by molar-refractivity contribution is 9.10. The lowest BCUT2D eigenvalue weighted by Gasteiger charge is -2.06. The van der Waals surface area contributed by atoms with Crippen molar-refractivity contribution in [3.63, 3.8) is 0 Å². The number of carbonyl (C=O) groups is 1. The zero-order valence-electron chi connectivity index (χ0n) is 11.3. The van der Waals surface area contributed by atoms with Crippen LogP contribution in [0.3, 0.4) is 0 Å². The van der Waals surface area contributed by atoms with Gasteiger partial charge in [0.1, 0.15) is 5.58 Å². The van der Waals surface area contributed by atoms with Crippen molar-refractivity contribution in [3.05, 3.63) is 58.8 Å². The first-order chi connectivity index (χ1) is 10.1. The molecule has 0 spiro atoms. The number of hydrogen-bond acceptors (Lipinski definition) is 2. The number of furan rings is 1. The van der Waals surface area contributed by atoms with Crippen molar-refractivity contribution < 1.29 is 14.3 Å². The second kappa shape index (κ2) is 5.37. The van der Waals surface area contributed by atoms with Gasteiger partial charge in [0.2, 0.25) is 0 Å². The number of carboxylic acid groups (broad SMARTS) is 1. The molecule has 3 rings (SSSR count). The standard InChI is InChI=1S/C17H13BrO3/c1-10(17(19)20)12-8-5-9-13-14(16(18)21-15(12)13)11-6-3-2-4-7-11/h2-10H,1H3,(H,19,20). The van der Waals surface area contributed by atoms with E-state index in [0.717, 1.165) is 16.5 Å². The van der Waals surface area contributed by atoms with Gasteiger partial charge in [0.05, 0.1) is 5.92 Å². The molecule has 4 heteroatoms. The summed E-state index contributed by atoms with van der Waals surface area (Å²) in [4.78, 5) is 11.3. The summed E-state index contributed by atoms with van der Waals surface area (Å²) >= 11 is 3.45. The summed E-state index contributed by atoms with van der Waals surface area (Å²) < 4.78 is 6.43. The van der Waals surface area contributed by atoms with Gasteiger partial charge in [-0.3, -0.25) is 4.79 Å². The Labute approximate surface area is 130 Å². The number of benzene rings is 2. The molecule has 3 nitrogen and oxygen atoms in total. The van der Waals surface area contributed by atoms with Crippen molar-refractivity contribution in [2.45, 2.75) is 12.8 Å². The van der Waals surface area contributed by atoms with E-state index in [9.17, 15) is 9.90 Å². The third-order valence-electron chi connectivity index (χ3n) is 3.60. The van der Waals surface area contributed by atoms with Crippen molar-refractivity contribution in [2.75, 3.05) is 0 Å². The third kappa shape index (κ3) is 2.36. The maximum Gasteiger partial charge on any atom is 0.310 e. The second-order valence-corrected chi connectivity index (χ2v) is 5.62. The summed E-state index contributed by atoms with van der Waals surface area (Å²) in [7, 11) is 0. The van der Waals surface area contributed by atoms with E-state index in [2.05, 4.69) is 15.9 Å². The Kier molecular flexibility index (Phi) is 3.55. The lowest BCUT2D eigenvalue weighted by Crippen LogP contribution is -2.07. The summed E-state index contributed by atoms with van der Waals surface area (Å²) in [6, 6.07) is 15.5. The lowest BCUT2D eigenvalue weighted by molar-refractivity contribution is -0.138. The first-order valence-corrected chi connectivity index (χ1v) is 7.38. The van der Waals surface area contributed by atoms with Crippen LogP contribution in [-0.4, -0.2) is 11.1 Å². The molecule has 1 N–H and O–H groups in total. The molecule has 0 aliphatic heterocycles. The van der Waals surface area contributed by atoms with Gasteiger partial charge in [-0.2, -0.15) is 0 Å². The van der Waals surface area contributed by atoms with Crippen LogP contribution in [0.4, 0.5) is 0 Å². The van der Waals surface area contributed by atoms with Crippen molar-refractivity contribution in [2.24, 2.45) is 0 Å². The molecule has 1 atom stereocenters. The topological polar surface area (TPSA) is 50.4 Å². The Morgan fingerprint density at radius 2 is 1.86 bits per heavy atom. The molecule has 0 amide bonds. The number of aliphatic carboxylic acids is 1. The van der Waals surface area contributed by atoms with E-state index >= 15 is 0 Å². The Morgan fingerprint density at radius 3 is 2.52 bits per heavy atom. The first-order valence-electron chi connectivity index (χ1n) is 6.58. The molecule has 0 radical (unpaired) electrons. The Balaban J connectivity index is 2.28. The van der Waals surface area contributed by atoms with Crippen LogP contribution in [-0.2, 0) is 4.79 Å². The van der Waals surface area contributed by atoms with Crippen LogP contribution in [0.15, 0.2) is 57.6 Å². The van der Waals surface area contributed by atoms with Gasteiger partial charge in [-0.15, -0.1) is 0 Å². The summed E-state index contributed by atoms with van der Waals surface area (Å²) in [6.07, 6.45) is 0. The number of carboxylic acids is 1. The Bertz CT molecular complexity index is 806. The molecule has 106 valence electrons. The minimum absolute atomic E-state index is 0.615. The molecule has 0 fully saturated rings. The van der Waals surface area contributed by atoms with Crippen LogP contribution in [0.1, 0.15) is 18.4 Å². The van der Waals surface area contributed by atoms with E-state index in [4.69, 9.17) is 4.42 Å². The van der Waals surface area contributed by atoms with Gasteiger partial charge in [-0.05, 0) is 28.4 Å². The van der Waals surface area contributed by atoms with E-state index in [1.54, 1.807) is 13.0 Å². The molecule has 2 aromatic carbocycles. The van der Waals surface area contributed by atoms with Crippen LogP contribution in [0.25, 0.3) is 22.1 Å². The van der Waals surface area contributed by atoms with Crippen molar-refractivity contribution in [3.8, 4) is 11.1 Å². The molecule has 3 aromatic rings. The van der Waals surface area contributed by atoms with Crippen LogP contribution >= 0.6 is 15.9 Å². The highest BCUT2D eigenvalue weighted by atomic mass is 79.9. The van der Waals surface area contributed by atoms with E-state index in [0.29, 0.717) is 15.8 Å². The molecule has 21 heavy (non-hydrogen) atoms. The van der Waals surface area contributed by atoms with Gasteiger partial charge in [0.15, 0.2) is 4.67 Å². The highest BCUT2D eigenvalue weighted by Gasteiger charge is 2.22. The van der Waals surface area contributed by atoms with Gasteiger partial charge >= 0.3 is 5.97 Å². The van der Waals surface area contributed by atoms with Gasteiger partial charge in [-0.25, -0.2) is 0 Å². The van der Waals surface area contributed by atoms with E-state index in [-0.39, 0.29) is 0 Å². The number of rotatable bonds is 3. The fourth-order valence-electron chi connectivity index (χ4n) is 2.46. The second-order valence-electron chi connectivity index (χ2n) is 4.90. The molecular formula is C17H13BrO3. The maximum atomic E-state index is 11.3. The van der Waals surface area contributed by atoms with Crippen LogP contribution in [0, 0.1) is 0 Å². The predicted octanol–water partition coefficient (Wildman–Crippen LogP) is 5.05. The Morgan fingerprint density at radius 1 is 1.14 bits per heavy atom. The van der Waals surface area contributed by atoms with Crippen LogP contribution in [0.2, 0.25) is 0 Å². The van der Waals surface area contributed by atoms with Gasteiger partial charge in [0, 0.05) is 16.5 Å². The molecule has 0 saturated heterocycles. The van der Waals surface area contributed by atoms with Crippen molar-refractivity contribution in [1.82, 2.24) is 0 Å². The van der Waals surface area contributed by atoms with Crippen molar-refractivity contribution in [1.29, 1.82) is 0 Å². The molecular weight excluding hydrogens is 332 g/mol. The summed E-state index contributed by atoms with van der Waals surface area (Å²) in [5, 5.41) is 10.2. The fraction of sp³-hybridized carbons (Fsp3) is 0.118. The largest absolute Gasteiger partial charge is 0.481 e. The quantitative estimate of drug-likeness (QED) is 0.723. The molecule has 0 aliphatic carbocycles. The first kappa shape index (κ1) is 13.9. The molecule has 0 aliphatic rings. The molecule has 1 heterocycles. The summed E-state index contributed by atoms with van der Waals surface area (Å²) in [5.74, 6) is -1.48. The maximum absolute atomic E-state index is 11.3. The Hall–Kier alpha value is -2.07. The van der Waals surface area contributed by atoms with E-state index < -0.39 is 11.9 Å². The number of halogens is 1. The smallest absolute Gasteiger partial charge is 0.310 e. The van der Waals surface area contributed by atoms with Crippen LogP contribution in [0.5, 0.6) is 0 Å². The average molecular weight is 345 g/mol. The van der Waals surface area contributed by atoms with E-state index in [1.807, 2.05) is 42.5 Å². The molecule has 0 bridgehead atoms. The van der Waals surface area contributed by atoms with E-state index in [1.165, 1.54) is 0 Å². The average Bonchev–Trinajstić information content (AvgIpc) is 2.83. The van der Waals surface area contributed by atoms with Crippen LogP contribution < -0.4 is 0 Å². The van der Waals surface area contributed by atoms with Gasteiger partial charge in [-0.1, -0.05) is 48.5 Å². The predicted molar refractivity (Wildman–Crippen MR) is 85.4 cm³/mol. The minimum atomic E-state index is -0.865. The zero-order chi connectivity index (χ0) is 15.0. The lowest BCUT2D eigenvalue weighted by atomic mass is 9.97. The molecule has 0 saturated carbocycles. The summed E-state index contributed by atoms with van der Waals surface area (Å²) in [6.45, 7) is 1.66. The highest BCUT2D eigenvalue weighted by Crippen LogP contribution is 2.40. The van der Waals surface area contributed by atoms with Gasteiger partial charge < -0.3 is 9.52 Å². The number of para-hydroxylation sites is 1. The van der Waals surface area contributed by atoms with Crippen molar-refractivity contribution >= 4 is 32.9 Å². The number of hydrogen-bond donors (Lipinski definition) is 1. The monoisotopic (exact) mass is 344 g/mol. The zero-order valence-corrected chi connectivity index (χ0v) is 12.9. The normalized spacial score (nSPS) is 12.5. The fourth-order valence-corrected chi connectivity index (χ4v) is 3.06. The summed E-state index contributed by atoms with van der Waals surface area (Å²) in [5.41, 5.74) is 3.29. The SMILES string of the molecule is CC(C(=O)O)c1cccc2c(-c3ccccc3)c(Br)oc12. The van der Waals surface area contributed by atoms with Gasteiger partial charge in [0.25, 0.3) is 0 Å². The molecule has 1 aromatic heterocycles. The number of fused-ring (bicyclic) bond motifs is 1. The third-order valence-corrected chi connectivity index (χ3v) is 4.16.